The van der Waals surface area contributed by atoms with Gasteiger partial charge in [-0.3, -0.25) is 0 Å². The second-order valence-corrected chi connectivity index (χ2v) is 5.68. The summed E-state index contributed by atoms with van der Waals surface area (Å²) >= 11 is 3.34. The molecule has 3 heteroatoms. The van der Waals surface area contributed by atoms with Gasteiger partial charge < -0.3 is 9.73 Å². The molecule has 1 aliphatic rings. The Morgan fingerprint density at radius 2 is 2.12 bits per heavy atom. The maximum atomic E-state index is 5.58. The van der Waals surface area contributed by atoms with Gasteiger partial charge in [0, 0.05) is 6.04 Å². The van der Waals surface area contributed by atoms with Crippen molar-refractivity contribution in [1.29, 1.82) is 0 Å². The molecule has 0 radical (unpaired) electrons. The topological polar surface area (TPSA) is 25.2 Å². The van der Waals surface area contributed by atoms with E-state index in [-0.39, 0.29) is 0 Å². The van der Waals surface area contributed by atoms with E-state index in [0.717, 1.165) is 16.3 Å². The Labute approximate surface area is 106 Å². The Bertz CT molecular complexity index is 336. The summed E-state index contributed by atoms with van der Waals surface area (Å²) in [7, 11) is 0. The molecule has 16 heavy (non-hydrogen) atoms. The van der Waals surface area contributed by atoms with E-state index in [0.29, 0.717) is 12.1 Å². The summed E-state index contributed by atoms with van der Waals surface area (Å²) in [6.07, 6.45) is 5.40. The molecule has 1 saturated carbocycles. The normalized spacial score (nSPS) is 27.9. The molecular weight excluding hydrogens is 266 g/mol. The lowest BCUT2D eigenvalue weighted by atomic mass is 9.85. The van der Waals surface area contributed by atoms with Crippen LogP contribution < -0.4 is 5.32 Å². The number of nitrogens with one attached hydrogen (secondary N) is 1. The molecular formula is C13H20BrNO. The highest BCUT2D eigenvalue weighted by Crippen LogP contribution is 2.27. The largest absolute Gasteiger partial charge is 0.453 e. The minimum atomic E-state index is 0.303. The molecule has 0 aromatic carbocycles. The first-order valence-electron chi connectivity index (χ1n) is 6.18. The molecule has 2 rings (SSSR count). The maximum absolute atomic E-state index is 5.58. The van der Waals surface area contributed by atoms with E-state index in [1.807, 2.05) is 12.1 Å². The van der Waals surface area contributed by atoms with Crippen LogP contribution >= 0.6 is 15.9 Å². The van der Waals surface area contributed by atoms with Gasteiger partial charge in [0.05, 0.1) is 6.04 Å². The Morgan fingerprint density at radius 1 is 1.38 bits per heavy atom. The second-order valence-electron chi connectivity index (χ2n) is 4.90. The zero-order valence-corrected chi connectivity index (χ0v) is 11.6. The molecule has 0 amide bonds. The first-order valence-corrected chi connectivity index (χ1v) is 6.97. The van der Waals surface area contributed by atoms with Crippen LogP contribution in [0.4, 0.5) is 0 Å². The standard InChI is InChI=1S/C13H20BrNO/c1-9-5-3-4-6-11(9)15-10(2)12-7-8-13(14)16-12/h7-11,15H,3-6H2,1-2H3. The number of furan rings is 1. The van der Waals surface area contributed by atoms with Crippen LogP contribution in [0.25, 0.3) is 0 Å². The molecule has 3 atom stereocenters. The van der Waals surface area contributed by atoms with E-state index in [9.17, 15) is 0 Å². The number of hydrogen-bond donors (Lipinski definition) is 1. The average Bonchev–Trinajstić information content (AvgIpc) is 2.68. The van der Waals surface area contributed by atoms with Crippen LogP contribution in [0, 0.1) is 5.92 Å². The molecule has 2 nitrogen and oxygen atoms in total. The quantitative estimate of drug-likeness (QED) is 0.897. The highest BCUT2D eigenvalue weighted by molar-refractivity contribution is 9.10. The Kier molecular flexibility index (Phi) is 4.09. The maximum Gasteiger partial charge on any atom is 0.169 e. The molecule has 3 unspecified atom stereocenters. The van der Waals surface area contributed by atoms with Crippen molar-refractivity contribution in [2.75, 3.05) is 0 Å². The molecule has 0 saturated heterocycles. The van der Waals surface area contributed by atoms with Crippen molar-refractivity contribution >= 4 is 15.9 Å². The van der Waals surface area contributed by atoms with Gasteiger partial charge in [0.15, 0.2) is 4.67 Å². The van der Waals surface area contributed by atoms with Gasteiger partial charge in [0.2, 0.25) is 0 Å². The van der Waals surface area contributed by atoms with E-state index < -0.39 is 0 Å². The summed E-state index contributed by atoms with van der Waals surface area (Å²) in [4.78, 5) is 0. The Hall–Kier alpha value is -0.280. The van der Waals surface area contributed by atoms with Gasteiger partial charge in [-0.15, -0.1) is 0 Å². The summed E-state index contributed by atoms with van der Waals surface area (Å²) in [6, 6.07) is 4.94. The molecule has 1 N–H and O–H groups in total. The van der Waals surface area contributed by atoms with Gasteiger partial charge >= 0.3 is 0 Å². The Balaban J connectivity index is 1.93. The van der Waals surface area contributed by atoms with Gasteiger partial charge in [-0.25, -0.2) is 0 Å². The van der Waals surface area contributed by atoms with Gasteiger partial charge in [0.25, 0.3) is 0 Å². The zero-order chi connectivity index (χ0) is 11.5. The lowest BCUT2D eigenvalue weighted by Gasteiger charge is -2.31. The van der Waals surface area contributed by atoms with Crippen LogP contribution in [0.3, 0.4) is 0 Å². The molecule has 1 aromatic rings. The minimum Gasteiger partial charge on any atom is -0.453 e. The van der Waals surface area contributed by atoms with Crippen molar-refractivity contribution < 1.29 is 4.42 Å². The smallest absolute Gasteiger partial charge is 0.169 e. The zero-order valence-electron chi connectivity index (χ0n) is 10.0. The molecule has 1 fully saturated rings. The number of halogens is 1. The monoisotopic (exact) mass is 285 g/mol. The van der Waals surface area contributed by atoms with Gasteiger partial charge in [0.1, 0.15) is 5.76 Å². The fraction of sp³-hybridized carbons (Fsp3) is 0.692. The second kappa shape index (κ2) is 5.37. The fourth-order valence-electron chi connectivity index (χ4n) is 2.53. The van der Waals surface area contributed by atoms with E-state index in [4.69, 9.17) is 4.42 Å². The lowest BCUT2D eigenvalue weighted by molar-refractivity contribution is 0.252. The van der Waals surface area contributed by atoms with E-state index >= 15 is 0 Å². The van der Waals surface area contributed by atoms with Gasteiger partial charge in [-0.05, 0) is 53.7 Å². The highest BCUT2D eigenvalue weighted by Gasteiger charge is 2.23. The third kappa shape index (κ3) is 2.89. The number of hydrogen-bond acceptors (Lipinski definition) is 2. The molecule has 0 aliphatic heterocycles. The van der Waals surface area contributed by atoms with Gasteiger partial charge in [-0.1, -0.05) is 19.8 Å². The van der Waals surface area contributed by atoms with E-state index in [2.05, 4.69) is 35.1 Å². The summed E-state index contributed by atoms with van der Waals surface area (Å²) < 4.78 is 6.39. The van der Waals surface area contributed by atoms with Crippen LogP contribution in [-0.4, -0.2) is 6.04 Å². The summed E-state index contributed by atoms with van der Waals surface area (Å²) in [5, 5.41) is 3.68. The van der Waals surface area contributed by atoms with Crippen molar-refractivity contribution in [3.8, 4) is 0 Å². The minimum absolute atomic E-state index is 0.303. The third-order valence-electron chi connectivity index (χ3n) is 3.60. The SMILES string of the molecule is CC(NC1CCCCC1C)c1ccc(Br)o1. The van der Waals surface area contributed by atoms with Crippen molar-refractivity contribution in [3.63, 3.8) is 0 Å². The third-order valence-corrected chi connectivity index (χ3v) is 4.02. The molecule has 0 bridgehead atoms. The first-order chi connectivity index (χ1) is 7.66. The van der Waals surface area contributed by atoms with Crippen LogP contribution in [0.15, 0.2) is 21.2 Å². The fourth-order valence-corrected chi connectivity index (χ4v) is 2.85. The lowest BCUT2D eigenvalue weighted by Crippen LogP contribution is -2.38. The summed E-state index contributed by atoms with van der Waals surface area (Å²) in [5.74, 6) is 1.80. The van der Waals surface area contributed by atoms with Crippen molar-refractivity contribution in [2.24, 2.45) is 5.92 Å². The first kappa shape index (κ1) is 12.2. The Morgan fingerprint density at radius 3 is 2.75 bits per heavy atom. The van der Waals surface area contributed by atoms with Crippen LogP contribution in [0.5, 0.6) is 0 Å². The molecule has 1 aromatic heterocycles. The number of rotatable bonds is 3. The molecule has 1 heterocycles. The van der Waals surface area contributed by atoms with Crippen LogP contribution in [-0.2, 0) is 0 Å². The summed E-state index contributed by atoms with van der Waals surface area (Å²) in [5.41, 5.74) is 0. The van der Waals surface area contributed by atoms with E-state index in [1.54, 1.807) is 0 Å². The van der Waals surface area contributed by atoms with Gasteiger partial charge in [-0.2, -0.15) is 0 Å². The van der Waals surface area contributed by atoms with Crippen LogP contribution in [0.2, 0.25) is 0 Å². The van der Waals surface area contributed by atoms with Crippen molar-refractivity contribution in [3.05, 3.63) is 22.6 Å². The molecule has 0 spiro atoms. The predicted molar refractivity (Wildman–Crippen MR) is 69.4 cm³/mol. The predicted octanol–water partition coefficient (Wildman–Crippen LogP) is 4.27. The highest BCUT2D eigenvalue weighted by atomic mass is 79.9. The molecule has 1 aliphatic carbocycles. The van der Waals surface area contributed by atoms with Crippen molar-refractivity contribution in [2.45, 2.75) is 51.6 Å². The van der Waals surface area contributed by atoms with E-state index in [1.165, 1.54) is 25.7 Å². The van der Waals surface area contributed by atoms with Crippen molar-refractivity contribution in [1.82, 2.24) is 5.32 Å². The average molecular weight is 286 g/mol. The summed E-state index contributed by atoms with van der Waals surface area (Å²) in [6.45, 7) is 4.52. The molecule has 90 valence electrons. The van der Waals surface area contributed by atoms with Crippen LogP contribution in [0.1, 0.15) is 51.3 Å².